The summed E-state index contributed by atoms with van der Waals surface area (Å²) in [5.41, 5.74) is 3.87. The summed E-state index contributed by atoms with van der Waals surface area (Å²) in [6.45, 7) is 1.86. The van der Waals surface area contributed by atoms with E-state index < -0.39 is 18.6 Å². The molecule has 0 aliphatic carbocycles. The minimum absolute atomic E-state index is 0.283. The largest absolute Gasteiger partial charge is 0.480 e. The number of aryl methyl sites for hydroxylation is 1. The molecule has 0 aliphatic heterocycles. The maximum atomic E-state index is 11.0. The molecule has 4 aromatic rings. The highest BCUT2D eigenvalue weighted by Crippen LogP contribution is 2.30. The number of rotatable bonds is 9. The molecule has 1 unspecified atom stereocenters. The number of thiazole rings is 1. The van der Waals surface area contributed by atoms with E-state index >= 15 is 0 Å². The Morgan fingerprint density at radius 3 is 2.67 bits per heavy atom. The number of carbonyl (C=O) groups is 1. The lowest BCUT2D eigenvalue weighted by Gasteiger charge is -2.18. The molecular weight excluding hydrogens is 440 g/mol. The molecule has 1 atom stereocenters. The van der Waals surface area contributed by atoms with Gasteiger partial charge in [-0.1, -0.05) is 29.0 Å². The van der Waals surface area contributed by atoms with Gasteiger partial charge in [-0.3, -0.25) is 10.1 Å². The molecule has 0 radical (unpaired) electrons. The van der Waals surface area contributed by atoms with Crippen LogP contribution in [0.1, 0.15) is 11.1 Å². The van der Waals surface area contributed by atoms with Crippen molar-refractivity contribution in [2.45, 2.75) is 19.5 Å². The van der Waals surface area contributed by atoms with Crippen LogP contribution in [0.3, 0.4) is 0 Å². The maximum absolute atomic E-state index is 11.0. The number of aliphatic hydroxyl groups excluding tert-OH is 1. The third kappa shape index (κ3) is 5.43. The van der Waals surface area contributed by atoms with Crippen LogP contribution < -0.4 is 15.5 Å². The lowest BCUT2D eigenvalue weighted by atomic mass is 10.2. The van der Waals surface area contributed by atoms with E-state index in [0.717, 1.165) is 27.4 Å². The lowest BCUT2D eigenvalue weighted by molar-refractivity contribution is -0.140. The number of hydrogen-bond donors (Lipinski definition) is 4. The van der Waals surface area contributed by atoms with E-state index in [1.165, 1.54) is 16.9 Å². The molecule has 0 spiro atoms. The van der Waals surface area contributed by atoms with Gasteiger partial charge >= 0.3 is 5.97 Å². The zero-order chi connectivity index (χ0) is 23.4. The van der Waals surface area contributed by atoms with Gasteiger partial charge in [0.05, 0.1) is 6.61 Å². The SMILES string of the molecule is Cc1ccc(N(C)c2ccc3nc(Nc4cc(CNC(CO)C(=O)O)ccn4)sc3n2)cc1. The number of aliphatic hydroxyl groups is 1. The van der Waals surface area contributed by atoms with Gasteiger partial charge in [-0.2, -0.15) is 0 Å². The van der Waals surface area contributed by atoms with Crippen molar-refractivity contribution in [3.8, 4) is 0 Å². The number of aliphatic carboxylic acids is 1. The van der Waals surface area contributed by atoms with Crippen LogP contribution in [-0.4, -0.2) is 50.8 Å². The number of carboxylic acid groups (broad SMARTS) is 1. The van der Waals surface area contributed by atoms with Crippen LogP contribution in [0.15, 0.2) is 54.7 Å². The van der Waals surface area contributed by atoms with Gasteiger partial charge in [0.15, 0.2) is 5.13 Å². The molecule has 9 nitrogen and oxygen atoms in total. The standard InChI is InChI=1S/C23H24N6O3S/c1-14-3-5-16(6-4-14)29(2)20-8-7-17-21(28-20)33-23(26-17)27-19-11-15(9-10-24-19)12-25-18(13-30)22(31)32/h3-11,18,25,30H,12-13H2,1-2H3,(H,31,32)(H,24,26,27). The predicted octanol–water partition coefficient (Wildman–Crippen LogP) is 3.44. The number of nitrogens with one attached hydrogen (secondary N) is 2. The highest BCUT2D eigenvalue weighted by molar-refractivity contribution is 7.21. The van der Waals surface area contributed by atoms with Crippen molar-refractivity contribution in [3.05, 3.63) is 65.9 Å². The molecule has 0 fully saturated rings. The molecule has 4 N–H and O–H groups in total. The zero-order valence-corrected chi connectivity index (χ0v) is 19.0. The molecule has 170 valence electrons. The third-order valence-corrected chi connectivity index (χ3v) is 5.98. The molecular formula is C23H24N6O3S. The summed E-state index contributed by atoms with van der Waals surface area (Å²) in [7, 11) is 1.98. The molecule has 0 amide bonds. The van der Waals surface area contributed by atoms with Crippen LogP contribution >= 0.6 is 11.3 Å². The summed E-state index contributed by atoms with van der Waals surface area (Å²) in [5, 5.41) is 24.8. The van der Waals surface area contributed by atoms with Gasteiger partial charge in [-0.25, -0.2) is 15.0 Å². The number of benzene rings is 1. The van der Waals surface area contributed by atoms with Crippen LogP contribution in [0.2, 0.25) is 0 Å². The van der Waals surface area contributed by atoms with E-state index in [9.17, 15) is 4.79 Å². The Labute approximate surface area is 194 Å². The van der Waals surface area contributed by atoms with E-state index in [1.54, 1.807) is 18.3 Å². The Bertz CT molecular complexity index is 1260. The summed E-state index contributed by atoms with van der Waals surface area (Å²) in [4.78, 5) is 27.5. The first-order chi connectivity index (χ1) is 15.9. The van der Waals surface area contributed by atoms with Crippen LogP contribution in [-0.2, 0) is 11.3 Å². The maximum Gasteiger partial charge on any atom is 0.323 e. The minimum atomic E-state index is -1.10. The fraction of sp³-hybridized carbons (Fsp3) is 0.217. The molecule has 0 saturated heterocycles. The summed E-state index contributed by atoms with van der Waals surface area (Å²) < 4.78 is 0. The number of aromatic nitrogens is 3. The topological polar surface area (TPSA) is 124 Å². The van der Waals surface area contributed by atoms with E-state index in [2.05, 4.69) is 51.8 Å². The fourth-order valence-corrected chi connectivity index (χ4v) is 4.02. The van der Waals surface area contributed by atoms with E-state index in [0.29, 0.717) is 10.9 Å². The van der Waals surface area contributed by atoms with Gasteiger partial charge in [-0.05, 0) is 48.9 Å². The normalized spacial score (nSPS) is 12.0. The summed E-state index contributed by atoms with van der Waals surface area (Å²) >= 11 is 1.43. The molecule has 4 rings (SSSR count). The predicted molar refractivity (Wildman–Crippen MR) is 130 cm³/mol. The van der Waals surface area contributed by atoms with Gasteiger partial charge in [0, 0.05) is 25.5 Å². The lowest BCUT2D eigenvalue weighted by Crippen LogP contribution is -2.39. The van der Waals surface area contributed by atoms with E-state index in [4.69, 9.17) is 15.2 Å². The number of fused-ring (bicyclic) bond motifs is 1. The molecule has 33 heavy (non-hydrogen) atoms. The Morgan fingerprint density at radius 2 is 1.94 bits per heavy atom. The van der Waals surface area contributed by atoms with Gasteiger partial charge in [-0.15, -0.1) is 0 Å². The van der Waals surface area contributed by atoms with Crippen LogP contribution in [0, 0.1) is 6.92 Å². The zero-order valence-electron chi connectivity index (χ0n) is 18.2. The first-order valence-corrected chi connectivity index (χ1v) is 11.1. The van der Waals surface area contributed by atoms with Gasteiger partial charge < -0.3 is 20.4 Å². The summed E-state index contributed by atoms with van der Waals surface area (Å²) in [5.74, 6) is 0.310. The summed E-state index contributed by atoms with van der Waals surface area (Å²) in [6, 6.07) is 14.7. The van der Waals surface area contributed by atoms with E-state index in [-0.39, 0.29) is 6.54 Å². The average Bonchev–Trinajstić information content (AvgIpc) is 3.21. The highest BCUT2D eigenvalue weighted by Gasteiger charge is 2.15. The van der Waals surface area contributed by atoms with Gasteiger partial charge in [0.1, 0.15) is 28.0 Å². The Morgan fingerprint density at radius 1 is 1.15 bits per heavy atom. The van der Waals surface area contributed by atoms with Crippen LogP contribution in [0.5, 0.6) is 0 Å². The Balaban J connectivity index is 1.48. The molecule has 3 heterocycles. The van der Waals surface area contributed by atoms with Crippen molar-refractivity contribution < 1.29 is 15.0 Å². The van der Waals surface area contributed by atoms with Crippen molar-refractivity contribution in [2.24, 2.45) is 0 Å². The second kappa shape index (κ2) is 9.90. The molecule has 0 saturated carbocycles. The van der Waals surface area contributed by atoms with Crippen molar-refractivity contribution in [1.82, 2.24) is 20.3 Å². The number of anilines is 4. The number of carboxylic acids is 1. The van der Waals surface area contributed by atoms with Crippen LogP contribution in [0.25, 0.3) is 10.3 Å². The Hall–Kier alpha value is -3.60. The monoisotopic (exact) mass is 464 g/mol. The molecule has 3 aromatic heterocycles. The molecule has 0 bridgehead atoms. The average molecular weight is 465 g/mol. The number of hydrogen-bond acceptors (Lipinski definition) is 9. The van der Waals surface area contributed by atoms with Crippen molar-refractivity contribution in [3.63, 3.8) is 0 Å². The third-order valence-electron chi connectivity index (χ3n) is 5.10. The second-order valence-corrected chi connectivity index (χ2v) is 8.51. The van der Waals surface area contributed by atoms with Crippen LogP contribution in [0.4, 0.5) is 22.5 Å². The smallest absolute Gasteiger partial charge is 0.323 e. The first kappa shape index (κ1) is 22.6. The Kier molecular flexibility index (Phi) is 6.78. The summed E-state index contributed by atoms with van der Waals surface area (Å²) in [6.07, 6.45) is 1.63. The van der Waals surface area contributed by atoms with Gasteiger partial charge in [0.2, 0.25) is 0 Å². The second-order valence-electron chi connectivity index (χ2n) is 7.54. The quantitative estimate of drug-likeness (QED) is 0.295. The first-order valence-electron chi connectivity index (χ1n) is 10.3. The number of pyridine rings is 2. The number of nitrogens with zero attached hydrogens (tertiary/aromatic N) is 4. The van der Waals surface area contributed by atoms with E-state index in [1.807, 2.05) is 24.1 Å². The molecule has 10 heteroatoms. The van der Waals surface area contributed by atoms with Crippen molar-refractivity contribution in [1.29, 1.82) is 0 Å². The van der Waals surface area contributed by atoms with Crippen molar-refractivity contribution in [2.75, 3.05) is 23.9 Å². The minimum Gasteiger partial charge on any atom is -0.480 e. The van der Waals surface area contributed by atoms with Gasteiger partial charge in [0.25, 0.3) is 0 Å². The fourth-order valence-electron chi connectivity index (χ4n) is 3.18. The molecule has 0 aliphatic rings. The highest BCUT2D eigenvalue weighted by atomic mass is 32.1. The van der Waals surface area contributed by atoms with Crippen molar-refractivity contribution >= 4 is 50.1 Å². The molecule has 1 aromatic carbocycles.